The zero-order valence-corrected chi connectivity index (χ0v) is 11.0. The van der Waals surface area contributed by atoms with Gasteiger partial charge in [0.05, 0.1) is 12.7 Å². The van der Waals surface area contributed by atoms with Crippen LogP contribution in [0, 0.1) is 0 Å². The van der Waals surface area contributed by atoms with Crippen molar-refractivity contribution in [3.8, 4) is 0 Å². The smallest absolute Gasteiger partial charge is 0.0829 e. The molecule has 2 aliphatic heterocycles. The topological polar surface area (TPSA) is 27.7 Å². The first-order valence-electron chi connectivity index (χ1n) is 6.58. The Balaban J connectivity index is 0.000000606. The van der Waals surface area contributed by atoms with Crippen molar-refractivity contribution in [3.05, 3.63) is 0 Å². The van der Waals surface area contributed by atoms with Gasteiger partial charge in [0.2, 0.25) is 0 Å². The molecule has 2 fully saturated rings. The minimum atomic E-state index is 0.423. The van der Waals surface area contributed by atoms with Crippen molar-refractivity contribution in [1.29, 1.82) is 0 Å². The largest absolute Gasteiger partial charge is 0.374 e. The molecule has 0 saturated carbocycles. The molecule has 0 aromatic rings. The van der Waals surface area contributed by atoms with E-state index in [1.54, 1.807) is 0 Å². The van der Waals surface area contributed by atoms with Gasteiger partial charge in [-0.1, -0.05) is 13.8 Å². The summed E-state index contributed by atoms with van der Waals surface area (Å²) in [6, 6.07) is 0. The fourth-order valence-electron chi connectivity index (χ4n) is 2.16. The molecule has 1 N–H and O–H groups in total. The van der Waals surface area contributed by atoms with Crippen molar-refractivity contribution in [2.45, 2.75) is 20.0 Å². The highest BCUT2D eigenvalue weighted by Gasteiger charge is 2.21. The molecular weight excluding hydrogens is 202 g/mol. The number of likely N-dealkylation sites (N-methyl/N-ethyl adjacent to an activating group) is 1. The molecule has 2 aliphatic rings. The Labute approximate surface area is 99.9 Å². The van der Waals surface area contributed by atoms with E-state index in [0.717, 1.165) is 39.3 Å². The van der Waals surface area contributed by atoms with Crippen LogP contribution in [0.15, 0.2) is 0 Å². The van der Waals surface area contributed by atoms with Crippen molar-refractivity contribution >= 4 is 0 Å². The number of nitrogens with zero attached hydrogens (tertiary/aromatic N) is 2. The van der Waals surface area contributed by atoms with Crippen LogP contribution in [0.5, 0.6) is 0 Å². The van der Waals surface area contributed by atoms with E-state index in [1.165, 1.54) is 13.1 Å². The molecule has 2 saturated heterocycles. The van der Waals surface area contributed by atoms with Crippen LogP contribution in [0.25, 0.3) is 0 Å². The van der Waals surface area contributed by atoms with Crippen molar-refractivity contribution < 1.29 is 4.74 Å². The zero-order valence-electron chi connectivity index (χ0n) is 11.0. The molecule has 1 atom stereocenters. The van der Waals surface area contributed by atoms with Crippen molar-refractivity contribution in [1.82, 2.24) is 15.1 Å². The first kappa shape index (κ1) is 13.9. The molecule has 96 valence electrons. The van der Waals surface area contributed by atoms with E-state index in [0.29, 0.717) is 6.10 Å². The monoisotopic (exact) mass is 229 g/mol. The standard InChI is InChI=1S/C10H21N3O.C2H6/c1-12-6-7-14-10(8-12)9-13-4-2-11-3-5-13;1-2/h10-11H,2-9H2,1H3;1-2H3. The minimum absolute atomic E-state index is 0.423. The molecule has 0 radical (unpaired) electrons. The lowest BCUT2D eigenvalue weighted by molar-refractivity contribution is -0.0367. The van der Waals surface area contributed by atoms with Gasteiger partial charge in [-0.3, -0.25) is 4.90 Å². The Morgan fingerprint density at radius 1 is 1.19 bits per heavy atom. The molecule has 0 aliphatic carbocycles. The van der Waals surface area contributed by atoms with Gasteiger partial charge in [-0.25, -0.2) is 0 Å². The van der Waals surface area contributed by atoms with E-state index in [-0.39, 0.29) is 0 Å². The summed E-state index contributed by atoms with van der Waals surface area (Å²) in [5.41, 5.74) is 0. The Kier molecular flexibility index (Phi) is 6.96. The first-order chi connectivity index (χ1) is 7.84. The van der Waals surface area contributed by atoms with E-state index in [4.69, 9.17) is 4.74 Å². The molecule has 4 nitrogen and oxygen atoms in total. The predicted octanol–water partition coefficient (Wildman–Crippen LogP) is 0.248. The van der Waals surface area contributed by atoms with Crippen LogP contribution in [0.2, 0.25) is 0 Å². The maximum absolute atomic E-state index is 5.75. The van der Waals surface area contributed by atoms with Crippen LogP contribution in [-0.4, -0.2) is 75.4 Å². The summed E-state index contributed by atoms with van der Waals surface area (Å²) in [5, 5.41) is 3.37. The second-order valence-corrected chi connectivity index (χ2v) is 4.31. The van der Waals surface area contributed by atoms with Gasteiger partial charge in [0, 0.05) is 45.8 Å². The van der Waals surface area contributed by atoms with Crippen molar-refractivity contribution in [2.75, 3.05) is 59.5 Å². The number of rotatable bonds is 2. The molecule has 0 amide bonds. The number of ether oxygens (including phenoxy) is 1. The van der Waals surface area contributed by atoms with E-state index in [2.05, 4.69) is 22.2 Å². The van der Waals surface area contributed by atoms with Gasteiger partial charge >= 0.3 is 0 Å². The van der Waals surface area contributed by atoms with E-state index >= 15 is 0 Å². The van der Waals surface area contributed by atoms with Crippen LogP contribution < -0.4 is 5.32 Å². The second kappa shape index (κ2) is 8.01. The lowest BCUT2D eigenvalue weighted by Crippen LogP contribution is -2.50. The fraction of sp³-hybridized carbons (Fsp3) is 1.00. The Hall–Kier alpha value is -0.160. The van der Waals surface area contributed by atoms with Crippen molar-refractivity contribution in [3.63, 3.8) is 0 Å². The van der Waals surface area contributed by atoms with Gasteiger partial charge in [0.15, 0.2) is 0 Å². The average molecular weight is 229 g/mol. The van der Waals surface area contributed by atoms with Gasteiger partial charge < -0.3 is 15.0 Å². The van der Waals surface area contributed by atoms with E-state index in [9.17, 15) is 0 Å². The predicted molar refractivity (Wildman–Crippen MR) is 67.9 cm³/mol. The third-order valence-corrected chi connectivity index (χ3v) is 3.01. The fourth-order valence-corrected chi connectivity index (χ4v) is 2.16. The molecule has 4 heteroatoms. The van der Waals surface area contributed by atoms with Crippen LogP contribution in [0.3, 0.4) is 0 Å². The third kappa shape index (κ3) is 4.78. The number of hydrogen-bond donors (Lipinski definition) is 1. The Bertz CT molecular complexity index is 172. The highest BCUT2D eigenvalue weighted by Crippen LogP contribution is 2.05. The summed E-state index contributed by atoms with van der Waals surface area (Å²) >= 11 is 0. The number of piperazine rings is 1. The Morgan fingerprint density at radius 3 is 2.50 bits per heavy atom. The molecule has 2 heterocycles. The summed E-state index contributed by atoms with van der Waals surface area (Å²) < 4.78 is 5.75. The van der Waals surface area contributed by atoms with Crippen LogP contribution in [0.4, 0.5) is 0 Å². The normalized spacial score (nSPS) is 28.3. The van der Waals surface area contributed by atoms with Gasteiger partial charge in [0.1, 0.15) is 0 Å². The minimum Gasteiger partial charge on any atom is -0.374 e. The van der Waals surface area contributed by atoms with Gasteiger partial charge in [-0.15, -0.1) is 0 Å². The summed E-state index contributed by atoms with van der Waals surface area (Å²) in [6.07, 6.45) is 0.423. The molecule has 0 bridgehead atoms. The molecule has 1 unspecified atom stereocenters. The molecule has 0 spiro atoms. The number of hydrogen-bond acceptors (Lipinski definition) is 4. The number of nitrogens with one attached hydrogen (secondary N) is 1. The second-order valence-electron chi connectivity index (χ2n) is 4.31. The summed E-state index contributed by atoms with van der Waals surface area (Å²) in [4.78, 5) is 4.86. The van der Waals surface area contributed by atoms with Gasteiger partial charge in [-0.05, 0) is 7.05 Å². The quantitative estimate of drug-likeness (QED) is 0.734. The summed E-state index contributed by atoms with van der Waals surface area (Å²) in [5.74, 6) is 0. The lowest BCUT2D eigenvalue weighted by Gasteiger charge is -2.35. The average Bonchev–Trinajstić information content (AvgIpc) is 2.33. The van der Waals surface area contributed by atoms with E-state index in [1.807, 2.05) is 13.8 Å². The van der Waals surface area contributed by atoms with Crippen LogP contribution in [-0.2, 0) is 4.74 Å². The maximum Gasteiger partial charge on any atom is 0.0829 e. The van der Waals surface area contributed by atoms with Crippen LogP contribution in [0.1, 0.15) is 13.8 Å². The number of morpholine rings is 1. The summed E-state index contributed by atoms with van der Waals surface area (Å²) in [7, 11) is 2.17. The SMILES string of the molecule is CC.CN1CCOC(CN2CCNCC2)C1. The summed E-state index contributed by atoms with van der Waals surface area (Å²) in [6.45, 7) is 12.8. The molecule has 0 aromatic heterocycles. The lowest BCUT2D eigenvalue weighted by atomic mass is 10.2. The Morgan fingerprint density at radius 2 is 1.88 bits per heavy atom. The zero-order chi connectivity index (χ0) is 11.8. The van der Waals surface area contributed by atoms with Gasteiger partial charge in [0.25, 0.3) is 0 Å². The highest BCUT2D eigenvalue weighted by atomic mass is 16.5. The molecule has 0 aromatic carbocycles. The van der Waals surface area contributed by atoms with Crippen LogP contribution >= 0.6 is 0 Å². The van der Waals surface area contributed by atoms with Gasteiger partial charge in [-0.2, -0.15) is 0 Å². The van der Waals surface area contributed by atoms with Crippen molar-refractivity contribution in [2.24, 2.45) is 0 Å². The first-order valence-corrected chi connectivity index (χ1v) is 6.58. The third-order valence-electron chi connectivity index (χ3n) is 3.01. The van der Waals surface area contributed by atoms with E-state index < -0.39 is 0 Å². The highest BCUT2D eigenvalue weighted by molar-refractivity contribution is 4.76. The molecular formula is C12H27N3O. The maximum atomic E-state index is 5.75. The molecule has 16 heavy (non-hydrogen) atoms. The molecule has 2 rings (SSSR count).